The Morgan fingerprint density at radius 1 is 1.21 bits per heavy atom. The van der Waals surface area contributed by atoms with Gasteiger partial charge in [-0.1, -0.05) is 25.1 Å². The zero-order valence-corrected chi connectivity index (χ0v) is 13.9. The summed E-state index contributed by atoms with van der Waals surface area (Å²) < 4.78 is 5.16. The summed E-state index contributed by atoms with van der Waals surface area (Å²) in [4.78, 5) is 38.8. The monoisotopic (exact) mass is 330 g/mol. The zero-order valence-electron chi connectivity index (χ0n) is 13.9. The van der Waals surface area contributed by atoms with Gasteiger partial charge in [-0.15, -0.1) is 0 Å². The molecule has 1 amide bonds. The van der Waals surface area contributed by atoms with Crippen LogP contribution in [0.5, 0.6) is 0 Å². The summed E-state index contributed by atoms with van der Waals surface area (Å²) in [6, 6.07) is 7.43. The van der Waals surface area contributed by atoms with Gasteiger partial charge >= 0.3 is 5.97 Å². The Kier molecular flexibility index (Phi) is 6.12. The van der Waals surface area contributed by atoms with Crippen molar-refractivity contribution in [1.82, 2.24) is 10.3 Å². The van der Waals surface area contributed by atoms with Crippen molar-refractivity contribution in [3.05, 3.63) is 36.0 Å². The summed E-state index contributed by atoms with van der Waals surface area (Å²) in [6.07, 6.45) is 1.59. The highest BCUT2D eigenvalue weighted by Crippen LogP contribution is 2.20. The first kappa shape index (κ1) is 17.7. The van der Waals surface area contributed by atoms with E-state index >= 15 is 0 Å². The first-order valence-corrected chi connectivity index (χ1v) is 8.09. The summed E-state index contributed by atoms with van der Waals surface area (Å²) in [6.45, 7) is 4.08. The van der Waals surface area contributed by atoms with Crippen molar-refractivity contribution in [3.63, 3.8) is 0 Å². The molecule has 2 N–H and O–H groups in total. The molecule has 0 spiro atoms. The van der Waals surface area contributed by atoms with Crippen molar-refractivity contribution in [2.24, 2.45) is 0 Å². The highest BCUT2D eigenvalue weighted by molar-refractivity contribution is 6.10. The van der Waals surface area contributed by atoms with E-state index in [2.05, 4.69) is 10.3 Å². The number of aromatic nitrogens is 1. The molecule has 1 heterocycles. The molecule has 1 atom stereocenters. The summed E-state index contributed by atoms with van der Waals surface area (Å²) in [5.41, 5.74) is 1.35. The predicted molar refractivity (Wildman–Crippen MR) is 90.7 cm³/mol. The number of para-hydroxylation sites is 1. The molecule has 0 saturated heterocycles. The smallest absolute Gasteiger partial charge is 0.307 e. The fourth-order valence-corrected chi connectivity index (χ4v) is 2.37. The van der Waals surface area contributed by atoms with Gasteiger partial charge in [0.25, 0.3) is 0 Å². The molecule has 128 valence electrons. The molecular weight excluding hydrogens is 308 g/mol. The molecule has 0 aliphatic rings. The number of benzene rings is 1. The summed E-state index contributed by atoms with van der Waals surface area (Å²) >= 11 is 0. The number of ketones is 1. The van der Waals surface area contributed by atoms with E-state index < -0.39 is 12.1 Å². The third-order valence-electron chi connectivity index (χ3n) is 3.66. The SMILES string of the molecule is CCCNC(=O)CCC(=O)O[C@H](C)C(=O)c1c[nH]c2ccccc12. The second kappa shape index (κ2) is 8.29. The molecule has 0 saturated carbocycles. The molecule has 1 aromatic heterocycles. The average Bonchev–Trinajstić information content (AvgIpc) is 3.01. The lowest BCUT2D eigenvalue weighted by Gasteiger charge is -2.12. The Morgan fingerprint density at radius 3 is 2.71 bits per heavy atom. The van der Waals surface area contributed by atoms with Crippen LogP contribution in [0.3, 0.4) is 0 Å². The van der Waals surface area contributed by atoms with E-state index in [9.17, 15) is 14.4 Å². The molecule has 2 aromatic rings. The number of ether oxygens (including phenoxy) is 1. The van der Waals surface area contributed by atoms with Crippen LogP contribution in [-0.2, 0) is 14.3 Å². The number of fused-ring (bicyclic) bond motifs is 1. The Morgan fingerprint density at radius 2 is 1.96 bits per heavy atom. The topological polar surface area (TPSA) is 88.3 Å². The molecule has 0 aliphatic heterocycles. The number of H-pyrrole nitrogens is 1. The summed E-state index contributed by atoms with van der Waals surface area (Å²) in [5.74, 6) is -1.01. The minimum atomic E-state index is -0.893. The van der Waals surface area contributed by atoms with Crippen LogP contribution in [0.25, 0.3) is 10.9 Å². The van der Waals surface area contributed by atoms with Crippen LogP contribution in [0.1, 0.15) is 43.5 Å². The van der Waals surface area contributed by atoms with Crippen LogP contribution in [0.15, 0.2) is 30.5 Å². The summed E-state index contributed by atoms with van der Waals surface area (Å²) in [5, 5.41) is 3.48. The number of rotatable bonds is 8. The van der Waals surface area contributed by atoms with Gasteiger partial charge in [-0.2, -0.15) is 0 Å². The molecule has 1 aromatic carbocycles. The third kappa shape index (κ3) is 4.44. The molecule has 0 bridgehead atoms. The fraction of sp³-hybridized carbons (Fsp3) is 0.389. The average molecular weight is 330 g/mol. The predicted octanol–water partition coefficient (Wildman–Crippen LogP) is 2.59. The molecule has 0 radical (unpaired) electrons. The number of aromatic amines is 1. The maximum Gasteiger partial charge on any atom is 0.307 e. The van der Waals surface area contributed by atoms with Crippen molar-refractivity contribution in [2.45, 2.75) is 39.2 Å². The highest BCUT2D eigenvalue weighted by Gasteiger charge is 2.22. The lowest BCUT2D eigenvalue weighted by Crippen LogP contribution is -2.27. The van der Waals surface area contributed by atoms with E-state index in [4.69, 9.17) is 4.74 Å². The van der Waals surface area contributed by atoms with Crippen LogP contribution < -0.4 is 5.32 Å². The van der Waals surface area contributed by atoms with E-state index in [1.807, 2.05) is 31.2 Å². The first-order chi connectivity index (χ1) is 11.5. The van der Waals surface area contributed by atoms with Crippen molar-refractivity contribution in [3.8, 4) is 0 Å². The number of Topliss-reactive ketones (excluding diaryl/α,β-unsaturated/α-hetero) is 1. The number of nitrogens with one attached hydrogen (secondary N) is 2. The lowest BCUT2D eigenvalue weighted by atomic mass is 10.1. The minimum absolute atomic E-state index is 0.0406. The van der Waals surface area contributed by atoms with E-state index in [0.717, 1.165) is 17.3 Å². The van der Waals surface area contributed by atoms with Crippen molar-refractivity contribution < 1.29 is 19.1 Å². The molecule has 0 aliphatic carbocycles. The Labute approximate surface area is 140 Å². The number of carbonyl (C=O) groups excluding carboxylic acids is 3. The quantitative estimate of drug-likeness (QED) is 0.575. The van der Waals surface area contributed by atoms with Gasteiger partial charge in [-0.3, -0.25) is 14.4 Å². The van der Waals surface area contributed by atoms with Gasteiger partial charge < -0.3 is 15.0 Å². The van der Waals surface area contributed by atoms with E-state index in [0.29, 0.717) is 12.1 Å². The van der Waals surface area contributed by atoms with E-state index in [1.165, 1.54) is 0 Å². The molecule has 2 rings (SSSR count). The number of amides is 1. The van der Waals surface area contributed by atoms with Crippen LogP contribution in [-0.4, -0.2) is 35.3 Å². The second-order valence-corrected chi connectivity index (χ2v) is 5.59. The zero-order chi connectivity index (χ0) is 17.5. The highest BCUT2D eigenvalue weighted by atomic mass is 16.5. The fourth-order valence-electron chi connectivity index (χ4n) is 2.37. The lowest BCUT2D eigenvalue weighted by molar-refractivity contribution is -0.147. The van der Waals surface area contributed by atoms with Crippen molar-refractivity contribution >= 4 is 28.6 Å². The van der Waals surface area contributed by atoms with Gasteiger partial charge in [0.2, 0.25) is 11.7 Å². The van der Waals surface area contributed by atoms with Crippen LogP contribution >= 0.6 is 0 Å². The van der Waals surface area contributed by atoms with Gasteiger partial charge in [0.1, 0.15) is 0 Å². The van der Waals surface area contributed by atoms with Crippen LogP contribution in [0, 0.1) is 0 Å². The molecule has 0 fully saturated rings. The van der Waals surface area contributed by atoms with Gasteiger partial charge in [0, 0.05) is 35.6 Å². The molecular formula is C18H22N2O4. The number of carbonyl (C=O) groups is 3. The normalized spacial score (nSPS) is 11.9. The number of hydrogen-bond donors (Lipinski definition) is 2. The van der Waals surface area contributed by atoms with Crippen molar-refractivity contribution in [1.29, 1.82) is 0 Å². The molecule has 0 unspecified atom stereocenters. The second-order valence-electron chi connectivity index (χ2n) is 5.59. The van der Waals surface area contributed by atoms with Crippen LogP contribution in [0.2, 0.25) is 0 Å². The first-order valence-electron chi connectivity index (χ1n) is 8.09. The Hall–Kier alpha value is -2.63. The standard InChI is InChI=1S/C18H22N2O4/c1-3-10-19-16(21)8-9-17(22)24-12(2)18(23)14-11-20-15-7-5-4-6-13(14)15/h4-7,11-12,20H,3,8-10H2,1-2H3,(H,19,21)/t12-/m1/s1. The minimum Gasteiger partial charge on any atom is -0.454 e. The number of hydrogen-bond acceptors (Lipinski definition) is 4. The maximum absolute atomic E-state index is 12.5. The Bertz CT molecular complexity index is 735. The van der Waals surface area contributed by atoms with Crippen molar-refractivity contribution in [2.75, 3.05) is 6.54 Å². The van der Waals surface area contributed by atoms with E-state index in [-0.39, 0.29) is 24.5 Å². The Balaban J connectivity index is 1.89. The molecule has 24 heavy (non-hydrogen) atoms. The van der Waals surface area contributed by atoms with Crippen LogP contribution in [0.4, 0.5) is 0 Å². The van der Waals surface area contributed by atoms with Gasteiger partial charge in [0.05, 0.1) is 6.42 Å². The maximum atomic E-state index is 12.5. The number of esters is 1. The molecule has 6 nitrogen and oxygen atoms in total. The van der Waals surface area contributed by atoms with Gasteiger partial charge in [-0.25, -0.2) is 0 Å². The largest absolute Gasteiger partial charge is 0.454 e. The molecule has 6 heteroatoms. The third-order valence-corrected chi connectivity index (χ3v) is 3.66. The van der Waals surface area contributed by atoms with E-state index in [1.54, 1.807) is 13.1 Å². The van der Waals surface area contributed by atoms with Gasteiger partial charge in [-0.05, 0) is 19.4 Å². The summed E-state index contributed by atoms with van der Waals surface area (Å²) in [7, 11) is 0. The van der Waals surface area contributed by atoms with Gasteiger partial charge in [0.15, 0.2) is 6.10 Å².